The first-order chi connectivity index (χ1) is 9.36. The third kappa shape index (κ3) is 5.30. The van der Waals surface area contributed by atoms with Gasteiger partial charge in [0.2, 0.25) is 0 Å². The molecule has 0 N–H and O–H groups in total. The quantitative estimate of drug-likeness (QED) is 0.361. The molecule has 0 bridgehead atoms. The lowest BCUT2D eigenvalue weighted by Crippen LogP contribution is -2.37. The van der Waals surface area contributed by atoms with Gasteiger partial charge < -0.3 is 4.74 Å². The molecule has 0 heterocycles. The smallest absolute Gasteiger partial charge is 0.306 e. The summed E-state index contributed by atoms with van der Waals surface area (Å²) in [7, 11) is 0. The van der Waals surface area contributed by atoms with Crippen molar-refractivity contribution in [3.8, 4) is 0 Å². The maximum Gasteiger partial charge on any atom is 0.306 e. The topological polar surface area (TPSA) is 26.3 Å². The van der Waals surface area contributed by atoms with Gasteiger partial charge in [-0.25, -0.2) is 0 Å². The van der Waals surface area contributed by atoms with Crippen molar-refractivity contribution in [3.05, 3.63) is 11.6 Å². The summed E-state index contributed by atoms with van der Waals surface area (Å²) in [6.45, 7) is 11.0. The van der Waals surface area contributed by atoms with E-state index in [-0.39, 0.29) is 17.5 Å². The van der Waals surface area contributed by atoms with Crippen LogP contribution >= 0.6 is 0 Å². The highest BCUT2D eigenvalue weighted by Crippen LogP contribution is 2.42. The molecule has 0 aliphatic heterocycles. The van der Waals surface area contributed by atoms with Crippen LogP contribution in [0.25, 0.3) is 0 Å². The molecule has 0 spiro atoms. The minimum atomic E-state index is -0.0179. The lowest BCUT2D eigenvalue weighted by Gasteiger charge is -2.40. The molecule has 0 saturated carbocycles. The molecule has 1 aliphatic carbocycles. The third-order valence-corrected chi connectivity index (χ3v) is 4.58. The number of carbonyl (C=O) groups is 1. The first-order valence-electron chi connectivity index (χ1n) is 8.22. The monoisotopic (exact) mass is 280 g/mol. The zero-order valence-corrected chi connectivity index (χ0v) is 14.0. The third-order valence-electron chi connectivity index (χ3n) is 4.58. The molecule has 0 fully saturated rings. The number of ether oxygens (including phenoxy) is 1. The Morgan fingerprint density at radius 1 is 1.40 bits per heavy atom. The Morgan fingerprint density at radius 3 is 2.70 bits per heavy atom. The van der Waals surface area contributed by atoms with Gasteiger partial charge in [0.25, 0.3) is 0 Å². The highest BCUT2D eigenvalue weighted by molar-refractivity contribution is 5.69. The number of carbonyl (C=O) groups excluding carboxylic acids is 1. The lowest BCUT2D eigenvalue weighted by atomic mass is 9.67. The molecule has 0 radical (unpaired) electrons. The average molecular weight is 280 g/mol. The van der Waals surface area contributed by atoms with E-state index < -0.39 is 0 Å². The van der Waals surface area contributed by atoms with E-state index >= 15 is 0 Å². The Morgan fingerprint density at radius 2 is 2.10 bits per heavy atom. The van der Waals surface area contributed by atoms with E-state index in [0.29, 0.717) is 12.3 Å². The van der Waals surface area contributed by atoms with Crippen LogP contribution in [-0.4, -0.2) is 12.1 Å². The minimum absolute atomic E-state index is 0.0179. The van der Waals surface area contributed by atoms with Gasteiger partial charge in [0.15, 0.2) is 0 Å². The molecular weight excluding hydrogens is 248 g/mol. The fourth-order valence-electron chi connectivity index (χ4n) is 3.44. The Kier molecular flexibility index (Phi) is 6.78. The lowest BCUT2D eigenvalue weighted by molar-refractivity contribution is -0.153. The molecule has 0 saturated heterocycles. The summed E-state index contributed by atoms with van der Waals surface area (Å²) in [5, 5.41) is 0. The van der Waals surface area contributed by atoms with Crippen molar-refractivity contribution < 1.29 is 9.53 Å². The maximum absolute atomic E-state index is 11.9. The predicted molar refractivity (Wildman–Crippen MR) is 84.6 cm³/mol. The highest BCUT2D eigenvalue weighted by Gasteiger charge is 2.37. The van der Waals surface area contributed by atoms with Gasteiger partial charge in [0.05, 0.1) is 0 Å². The maximum atomic E-state index is 11.9. The standard InChI is InChI=1S/C18H32O2/c1-6-7-8-9-10-17(19)20-15(3)16-12-11-14(2)13-18(16,4)5/h11,15-16H,6-10,12-13H2,1-5H3. The number of hydrogen-bond acceptors (Lipinski definition) is 2. The second-order valence-electron chi connectivity index (χ2n) is 7.06. The van der Waals surface area contributed by atoms with Gasteiger partial charge in [0, 0.05) is 12.3 Å². The fraction of sp³-hybridized carbons (Fsp3) is 0.833. The van der Waals surface area contributed by atoms with Crippen LogP contribution in [0, 0.1) is 11.3 Å². The summed E-state index contributed by atoms with van der Waals surface area (Å²) in [5.74, 6) is 0.418. The molecule has 0 aromatic carbocycles. The molecule has 2 unspecified atom stereocenters. The predicted octanol–water partition coefficient (Wildman–Crippen LogP) is 5.27. The van der Waals surface area contributed by atoms with E-state index in [2.05, 4.69) is 40.7 Å². The summed E-state index contributed by atoms with van der Waals surface area (Å²) < 4.78 is 5.67. The van der Waals surface area contributed by atoms with Gasteiger partial charge in [-0.3, -0.25) is 4.79 Å². The molecular formula is C18H32O2. The second kappa shape index (κ2) is 7.85. The van der Waals surface area contributed by atoms with E-state index in [9.17, 15) is 4.79 Å². The van der Waals surface area contributed by atoms with Crippen LogP contribution in [-0.2, 0) is 9.53 Å². The number of rotatable bonds is 7. The SMILES string of the molecule is CCCCCCC(=O)OC(C)C1CC=C(C)CC1(C)C. The number of unbranched alkanes of at least 4 members (excludes halogenated alkanes) is 3. The Balaban J connectivity index is 2.42. The molecule has 2 atom stereocenters. The van der Waals surface area contributed by atoms with Crippen molar-refractivity contribution in [2.45, 2.75) is 85.7 Å². The van der Waals surface area contributed by atoms with E-state index in [1.54, 1.807) is 0 Å². The van der Waals surface area contributed by atoms with Gasteiger partial charge in [0.1, 0.15) is 6.10 Å². The first-order valence-corrected chi connectivity index (χ1v) is 8.22. The zero-order valence-electron chi connectivity index (χ0n) is 14.0. The number of hydrogen-bond donors (Lipinski definition) is 0. The van der Waals surface area contributed by atoms with Crippen LogP contribution in [0.4, 0.5) is 0 Å². The van der Waals surface area contributed by atoms with Crippen molar-refractivity contribution >= 4 is 5.97 Å². The van der Waals surface area contributed by atoms with Gasteiger partial charge in [-0.05, 0) is 38.5 Å². The van der Waals surface area contributed by atoms with E-state index in [1.165, 1.54) is 18.4 Å². The van der Waals surface area contributed by atoms with Crippen LogP contribution in [0.1, 0.15) is 79.6 Å². The van der Waals surface area contributed by atoms with Crippen molar-refractivity contribution in [1.29, 1.82) is 0 Å². The van der Waals surface area contributed by atoms with E-state index in [4.69, 9.17) is 4.74 Å². The van der Waals surface area contributed by atoms with Gasteiger partial charge >= 0.3 is 5.97 Å². The summed E-state index contributed by atoms with van der Waals surface area (Å²) in [5.41, 5.74) is 1.69. The summed E-state index contributed by atoms with van der Waals surface area (Å²) in [6, 6.07) is 0. The Bertz CT molecular complexity index is 341. The Labute approximate surface area is 125 Å². The van der Waals surface area contributed by atoms with E-state index in [1.807, 2.05) is 0 Å². The molecule has 2 nitrogen and oxygen atoms in total. The largest absolute Gasteiger partial charge is 0.462 e. The fourth-order valence-corrected chi connectivity index (χ4v) is 3.44. The average Bonchev–Trinajstić information content (AvgIpc) is 2.33. The van der Waals surface area contributed by atoms with Crippen LogP contribution in [0.3, 0.4) is 0 Å². The van der Waals surface area contributed by atoms with Crippen LogP contribution in [0.15, 0.2) is 11.6 Å². The molecule has 2 heteroatoms. The van der Waals surface area contributed by atoms with Crippen LogP contribution < -0.4 is 0 Å². The molecule has 0 aromatic rings. The normalized spacial score (nSPS) is 23.1. The van der Waals surface area contributed by atoms with Crippen LogP contribution in [0.2, 0.25) is 0 Å². The van der Waals surface area contributed by atoms with Crippen molar-refractivity contribution in [2.24, 2.45) is 11.3 Å². The second-order valence-corrected chi connectivity index (χ2v) is 7.06. The molecule has 0 aromatic heterocycles. The van der Waals surface area contributed by atoms with Gasteiger partial charge in [-0.1, -0.05) is 51.7 Å². The molecule has 0 amide bonds. The molecule has 20 heavy (non-hydrogen) atoms. The highest BCUT2D eigenvalue weighted by atomic mass is 16.5. The van der Waals surface area contributed by atoms with Gasteiger partial charge in [-0.15, -0.1) is 0 Å². The summed E-state index contributed by atoms with van der Waals surface area (Å²) >= 11 is 0. The van der Waals surface area contributed by atoms with Crippen molar-refractivity contribution in [1.82, 2.24) is 0 Å². The van der Waals surface area contributed by atoms with Crippen LogP contribution in [0.5, 0.6) is 0 Å². The van der Waals surface area contributed by atoms with Gasteiger partial charge in [-0.2, -0.15) is 0 Å². The van der Waals surface area contributed by atoms with E-state index in [0.717, 1.165) is 25.7 Å². The Hall–Kier alpha value is -0.790. The number of allylic oxidation sites excluding steroid dienone is 2. The molecule has 1 aliphatic rings. The molecule has 116 valence electrons. The molecule has 1 rings (SSSR count). The zero-order chi connectivity index (χ0) is 15.2. The first kappa shape index (κ1) is 17.3. The minimum Gasteiger partial charge on any atom is -0.462 e. The summed E-state index contributed by atoms with van der Waals surface area (Å²) in [6.07, 6.45) is 9.56. The number of esters is 1. The van der Waals surface area contributed by atoms with Crippen molar-refractivity contribution in [2.75, 3.05) is 0 Å². The summed E-state index contributed by atoms with van der Waals surface area (Å²) in [4.78, 5) is 11.9. The van der Waals surface area contributed by atoms with Crippen molar-refractivity contribution in [3.63, 3.8) is 0 Å².